The molecular weight excluding hydrogens is 381 g/mol. The van der Waals surface area contributed by atoms with E-state index in [4.69, 9.17) is 23.2 Å². The number of aromatic nitrogens is 1. The monoisotopic (exact) mass is 409 g/mol. The number of aromatic hydroxyl groups is 1. The first-order valence-corrected chi connectivity index (χ1v) is 9.97. The number of carbonyl (C=O) groups excluding carboxylic acids is 1. The Morgan fingerprint density at radius 1 is 1.04 bits per heavy atom. The number of halogens is 2. The van der Waals surface area contributed by atoms with Crippen molar-refractivity contribution in [2.45, 2.75) is 72.3 Å². The molecule has 0 atom stereocenters. The summed E-state index contributed by atoms with van der Waals surface area (Å²) in [6.45, 7) is 14.9. The van der Waals surface area contributed by atoms with Gasteiger partial charge in [-0.3, -0.25) is 4.79 Å². The molecule has 148 valence electrons. The molecule has 3 nitrogen and oxygen atoms in total. The molecule has 27 heavy (non-hydrogen) atoms. The SMILES string of the molecule is CCn1cc(C(=O)Cc2cc(C(C)(C)C)c(O)c(C(C)(C)C)c2)c(Cl)c1Cl. The first-order valence-electron chi connectivity index (χ1n) is 9.21. The van der Waals surface area contributed by atoms with Crippen molar-refractivity contribution >= 4 is 29.0 Å². The largest absolute Gasteiger partial charge is 0.507 e. The van der Waals surface area contributed by atoms with Gasteiger partial charge >= 0.3 is 0 Å². The summed E-state index contributed by atoms with van der Waals surface area (Å²) in [7, 11) is 0. The highest BCUT2D eigenvalue weighted by molar-refractivity contribution is 6.43. The standard InChI is InChI=1S/C22H29Cl2NO2/c1-8-25-12-14(18(23)20(25)24)17(26)11-13-9-15(21(2,3)4)19(27)16(10-13)22(5,6)7/h9-10,12,27H,8,11H2,1-7H3. The molecule has 1 aromatic carbocycles. The zero-order chi connectivity index (χ0) is 20.7. The molecule has 0 bridgehead atoms. The number of rotatable bonds is 4. The third-order valence-electron chi connectivity index (χ3n) is 4.75. The van der Waals surface area contributed by atoms with Crippen molar-refractivity contribution in [1.82, 2.24) is 4.57 Å². The van der Waals surface area contributed by atoms with Crippen LogP contribution in [0.1, 0.15) is 75.5 Å². The van der Waals surface area contributed by atoms with Crippen LogP contribution in [-0.2, 0) is 23.8 Å². The first-order chi connectivity index (χ1) is 12.3. The molecule has 0 aliphatic carbocycles. The molecule has 1 N–H and O–H groups in total. The van der Waals surface area contributed by atoms with Crippen molar-refractivity contribution in [2.75, 3.05) is 0 Å². The molecule has 0 spiro atoms. The minimum atomic E-state index is -0.240. The molecule has 0 fully saturated rings. The van der Waals surface area contributed by atoms with E-state index in [9.17, 15) is 9.90 Å². The fourth-order valence-corrected chi connectivity index (χ4v) is 3.68. The predicted octanol–water partition coefficient (Wildman–Crippen LogP) is 6.54. The van der Waals surface area contributed by atoms with Crippen molar-refractivity contribution in [3.8, 4) is 5.75 Å². The van der Waals surface area contributed by atoms with Gasteiger partial charge in [0.2, 0.25) is 0 Å². The summed E-state index contributed by atoms with van der Waals surface area (Å²) < 4.78 is 1.76. The average molecular weight is 410 g/mol. The van der Waals surface area contributed by atoms with E-state index < -0.39 is 0 Å². The quantitative estimate of drug-likeness (QED) is 0.582. The van der Waals surface area contributed by atoms with Gasteiger partial charge in [0.25, 0.3) is 0 Å². The van der Waals surface area contributed by atoms with Crippen LogP contribution in [-0.4, -0.2) is 15.5 Å². The molecule has 5 heteroatoms. The fraction of sp³-hybridized carbons (Fsp3) is 0.500. The minimum absolute atomic E-state index is 0.0838. The number of Topliss-reactive ketones (excluding diaryl/α,β-unsaturated/α-hetero) is 1. The first kappa shape index (κ1) is 21.8. The Balaban J connectivity index is 2.51. The van der Waals surface area contributed by atoms with Gasteiger partial charge in [-0.2, -0.15) is 0 Å². The van der Waals surface area contributed by atoms with E-state index in [2.05, 4.69) is 41.5 Å². The lowest BCUT2D eigenvalue weighted by Gasteiger charge is -2.28. The second-order valence-corrected chi connectivity index (χ2v) is 9.81. The Kier molecular flexibility index (Phi) is 6.08. The fourth-order valence-electron chi connectivity index (χ4n) is 3.15. The van der Waals surface area contributed by atoms with Crippen molar-refractivity contribution in [1.29, 1.82) is 0 Å². The smallest absolute Gasteiger partial charge is 0.170 e. The summed E-state index contributed by atoms with van der Waals surface area (Å²) in [5, 5.41) is 11.5. The lowest BCUT2D eigenvalue weighted by Crippen LogP contribution is -2.18. The maximum absolute atomic E-state index is 12.9. The molecule has 1 aromatic heterocycles. The summed E-state index contributed by atoms with van der Waals surface area (Å²) in [6.07, 6.45) is 1.92. The van der Waals surface area contributed by atoms with E-state index in [-0.39, 0.29) is 23.0 Å². The Morgan fingerprint density at radius 2 is 1.52 bits per heavy atom. The zero-order valence-electron chi connectivity index (χ0n) is 17.2. The molecule has 0 unspecified atom stereocenters. The maximum Gasteiger partial charge on any atom is 0.170 e. The van der Waals surface area contributed by atoms with Crippen molar-refractivity contribution in [2.24, 2.45) is 0 Å². The Bertz CT molecular complexity index is 833. The number of ketones is 1. The van der Waals surface area contributed by atoms with Crippen LogP contribution in [0.3, 0.4) is 0 Å². The maximum atomic E-state index is 12.9. The van der Waals surface area contributed by atoms with Crippen LogP contribution in [0.2, 0.25) is 10.2 Å². The number of phenolic OH excluding ortho intramolecular Hbond substituents is 1. The van der Waals surface area contributed by atoms with Gasteiger partial charge in [-0.25, -0.2) is 0 Å². The van der Waals surface area contributed by atoms with Crippen LogP contribution in [0, 0.1) is 0 Å². The highest BCUT2D eigenvalue weighted by Gasteiger charge is 2.27. The number of hydrogen-bond donors (Lipinski definition) is 1. The van der Waals surface area contributed by atoms with Crippen LogP contribution in [0.5, 0.6) is 5.75 Å². The van der Waals surface area contributed by atoms with Gasteiger partial charge in [0.1, 0.15) is 10.9 Å². The summed E-state index contributed by atoms with van der Waals surface area (Å²) in [6, 6.07) is 3.85. The van der Waals surface area contributed by atoms with Gasteiger partial charge in [-0.15, -0.1) is 0 Å². The summed E-state index contributed by atoms with van der Waals surface area (Å²) in [5.41, 5.74) is 2.50. The average Bonchev–Trinajstić information content (AvgIpc) is 2.82. The van der Waals surface area contributed by atoms with Crippen LogP contribution < -0.4 is 0 Å². The van der Waals surface area contributed by atoms with Crippen LogP contribution >= 0.6 is 23.2 Å². The predicted molar refractivity (Wildman–Crippen MR) is 114 cm³/mol. The minimum Gasteiger partial charge on any atom is -0.507 e. The van der Waals surface area contributed by atoms with E-state index in [0.29, 0.717) is 28.0 Å². The highest BCUT2D eigenvalue weighted by atomic mass is 35.5. The molecule has 1 heterocycles. The molecule has 0 aliphatic heterocycles. The summed E-state index contributed by atoms with van der Waals surface area (Å²) in [4.78, 5) is 12.9. The van der Waals surface area contributed by atoms with E-state index in [1.807, 2.05) is 19.1 Å². The molecule has 0 radical (unpaired) electrons. The van der Waals surface area contributed by atoms with Crippen LogP contribution in [0.15, 0.2) is 18.3 Å². The third-order valence-corrected chi connectivity index (χ3v) is 5.63. The molecule has 0 saturated heterocycles. The topological polar surface area (TPSA) is 42.2 Å². The van der Waals surface area contributed by atoms with Gasteiger partial charge in [-0.1, -0.05) is 76.9 Å². The number of phenols is 1. The molecule has 0 saturated carbocycles. The van der Waals surface area contributed by atoms with Gasteiger partial charge < -0.3 is 9.67 Å². The number of aryl methyl sites for hydroxylation is 1. The lowest BCUT2D eigenvalue weighted by atomic mass is 9.78. The zero-order valence-corrected chi connectivity index (χ0v) is 18.7. The second-order valence-electron chi connectivity index (χ2n) is 9.07. The van der Waals surface area contributed by atoms with Crippen molar-refractivity contribution < 1.29 is 9.90 Å². The van der Waals surface area contributed by atoms with E-state index >= 15 is 0 Å². The second kappa shape index (κ2) is 7.52. The summed E-state index contributed by atoms with van der Waals surface area (Å²) >= 11 is 12.5. The normalized spacial score (nSPS) is 12.5. The number of nitrogens with zero attached hydrogens (tertiary/aromatic N) is 1. The van der Waals surface area contributed by atoms with Crippen LogP contribution in [0.4, 0.5) is 0 Å². The van der Waals surface area contributed by atoms with Crippen molar-refractivity contribution in [3.63, 3.8) is 0 Å². The van der Waals surface area contributed by atoms with Gasteiger partial charge in [0.05, 0.1) is 10.6 Å². The number of benzene rings is 1. The Labute approximate surface area is 172 Å². The molecular formula is C22H29Cl2NO2. The molecule has 0 amide bonds. The molecule has 2 rings (SSSR count). The van der Waals surface area contributed by atoms with E-state index in [1.165, 1.54) is 0 Å². The van der Waals surface area contributed by atoms with E-state index in [1.54, 1.807) is 10.8 Å². The number of carbonyl (C=O) groups is 1. The van der Waals surface area contributed by atoms with E-state index in [0.717, 1.165) is 16.7 Å². The van der Waals surface area contributed by atoms with Crippen LogP contribution in [0.25, 0.3) is 0 Å². The Hall–Kier alpha value is -1.45. The molecule has 2 aromatic rings. The molecule has 0 aliphatic rings. The Morgan fingerprint density at radius 3 is 1.89 bits per heavy atom. The highest BCUT2D eigenvalue weighted by Crippen LogP contribution is 2.40. The third kappa shape index (κ3) is 4.52. The van der Waals surface area contributed by atoms with Gasteiger partial charge in [-0.05, 0) is 34.4 Å². The van der Waals surface area contributed by atoms with Crippen molar-refractivity contribution in [3.05, 3.63) is 50.8 Å². The van der Waals surface area contributed by atoms with Gasteiger partial charge in [0, 0.05) is 19.2 Å². The van der Waals surface area contributed by atoms with Gasteiger partial charge in [0.15, 0.2) is 5.78 Å². The summed E-state index contributed by atoms with van der Waals surface area (Å²) in [5.74, 6) is 0.226. The number of hydrogen-bond acceptors (Lipinski definition) is 2. The lowest BCUT2D eigenvalue weighted by molar-refractivity contribution is 0.0993.